The van der Waals surface area contributed by atoms with Crippen LogP contribution in [-0.2, 0) is 4.74 Å². The van der Waals surface area contributed by atoms with Crippen LogP contribution in [0.1, 0.15) is 59.8 Å². The molecule has 0 amide bonds. The molecule has 0 aromatic heterocycles. The first-order chi connectivity index (χ1) is 8.11. The van der Waals surface area contributed by atoms with Crippen molar-refractivity contribution in [2.24, 2.45) is 5.92 Å². The van der Waals surface area contributed by atoms with Crippen LogP contribution < -0.4 is 0 Å². The van der Waals surface area contributed by atoms with Crippen LogP contribution in [-0.4, -0.2) is 36.7 Å². The zero-order valence-corrected chi connectivity index (χ0v) is 12.2. The largest absolute Gasteiger partial charge is 0.375 e. The van der Waals surface area contributed by atoms with Gasteiger partial charge in [-0.15, -0.1) is 0 Å². The third-order valence-electron chi connectivity index (χ3n) is 3.55. The highest BCUT2D eigenvalue weighted by atomic mass is 16.5. The number of nitrogens with zero attached hydrogens (tertiary/aromatic N) is 1. The Labute approximate surface area is 108 Å². The normalized spacial score (nSPS) is 21.0. The third kappa shape index (κ3) is 6.42. The number of piperidine rings is 1. The van der Waals surface area contributed by atoms with E-state index in [1.807, 2.05) is 0 Å². The van der Waals surface area contributed by atoms with E-state index in [0.29, 0.717) is 12.2 Å². The number of hydrogen-bond acceptors (Lipinski definition) is 2. The summed E-state index contributed by atoms with van der Waals surface area (Å²) >= 11 is 0. The highest BCUT2D eigenvalue weighted by Crippen LogP contribution is 2.18. The van der Waals surface area contributed by atoms with Gasteiger partial charge >= 0.3 is 0 Å². The van der Waals surface area contributed by atoms with E-state index in [4.69, 9.17) is 4.74 Å². The monoisotopic (exact) mass is 241 g/mol. The molecule has 2 heteroatoms. The van der Waals surface area contributed by atoms with Gasteiger partial charge in [0.25, 0.3) is 0 Å². The summed E-state index contributed by atoms with van der Waals surface area (Å²) in [6, 6.07) is 0. The Hall–Kier alpha value is -0.0800. The highest BCUT2D eigenvalue weighted by Gasteiger charge is 2.21. The van der Waals surface area contributed by atoms with Crippen molar-refractivity contribution in [1.29, 1.82) is 0 Å². The first-order valence-corrected chi connectivity index (χ1v) is 7.49. The van der Waals surface area contributed by atoms with Crippen LogP contribution in [0.5, 0.6) is 0 Å². The number of likely N-dealkylation sites (tertiary alicyclic amines) is 1. The van der Waals surface area contributed by atoms with Gasteiger partial charge in [0.2, 0.25) is 0 Å². The fourth-order valence-electron chi connectivity index (χ4n) is 2.63. The molecule has 1 rings (SSSR count). The molecule has 0 saturated carbocycles. The van der Waals surface area contributed by atoms with Crippen LogP contribution in [0.25, 0.3) is 0 Å². The van der Waals surface area contributed by atoms with Crippen molar-refractivity contribution in [3.8, 4) is 0 Å². The van der Waals surface area contributed by atoms with Crippen molar-refractivity contribution < 1.29 is 4.74 Å². The zero-order valence-electron chi connectivity index (χ0n) is 12.2. The lowest BCUT2D eigenvalue weighted by molar-refractivity contribution is -0.0392. The minimum absolute atomic E-state index is 0.455. The molecule has 1 atom stereocenters. The SMILES string of the molecule is CCCCC(C)OC1CCN(CC(C)C)CC1. The van der Waals surface area contributed by atoms with E-state index >= 15 is 0 Å². The summed E-state index contributed by atoms with van der Waals surface area (Å²) in [6.45, 7) is 12.8. The second kappa shape index (κ2) is 8.10. The van der Waals surface area contributed by atoms with E-state index in [0.717, 1.165) is 5.92 Å². The van der Waals surface area contributed by atoms with Gasteiger partial charge in [0.1, 0.15) is 0 Å². The predicted octanol–water partition coefficient (Wildman–Crippen LogP) is 3.70. The van der Waals surface area contributed by atoms with E-state index in [1.54, 1.807) is 0 Å². The quantitative estimate of drug-likeness (QED) is 0.674. The molecule has 0 aromatic carbocycles. The predicted molar refractivity (Wildman–Crippen MR) is 74.4 cm³/mol. The lowest BCUT2D eigenvalue weighted by atomic mass is 10.1. The number of rotatable bonds is 7. The summed E-state index contributed by atoms with van der Waals surface area (Å²) in [5.41, 5.74) is 0. The topological polar surface area (TPSA) is 12.5 Å². The van der Waals surface area contributed by atoms with Gasteiger partial charge in [-0.05, 0) is 32.1 Å². The molecule has 0 radical (unpaired) electrons. The van der Waals surface area contributed by atoms with Crippen LogP contribution >= 0.6 is 0 Å². The average Bonchev–Trinajstić information content (AvgIpc) is 2.28. The summed E-state index contributed by atoms with van der Waals surface area (Å²) in [4.78, 5) is 2.58. The molecule has 1 saturated heterocycles. The zero-order chi connectivity index (χ0) is 12.7. The number of unbranched alkanes of at least 4 members (excludes halogenated alkanes) is 1. The van der Waals surface area contributed by atoms with Crippen molar-refractivity contribution in [3.63, 3.8) is 0 Å². The van der Waals surface area contributed by atoms with Gasteiger partial charge in [-0.1, -0.05) is 33.6 Å². The van der Waals surface area contributed by atoms with Gasteiger partial charge < -0.3 is 9.64 Å². The molecule has 1 fully saturated rings. The van der Waals surface area contributed by atoms with E-state index in [-0.39, 0.29) is 0 Å². The third-order valence-corrected chi connectivity index (χ3v) is 3.55. The lowest BCUT2D eigenvalue weighted by Crippen LogP contribution is -2.39. The van der Waals surface area contributed by atoms with Crippen molar-refractivity contribution in [2.75, 3.05) is 19.6 Å². The Morgan fingerprint density at radius 1 is 1.18 bits per heavy atom. The number of ether oxygens (including phenoxy) is 1. The molecule has 17 heavy (non-hydrogen) atoms. The van der Waals surface area contributed by atoms with Crippen LogP contribution in [0.15, 0.2) is 0 Å². The first-order valence-electron chi connectivity index (χ1n) is 7.49. The molecule has 2 nitrogen and oxygen atoms in total. The summed E-state index contributed by atoms with van der Waals surface area (Å²) < 4.78 is 6.12. The van der Waals surface area contributed by atoms with Crippen molar-refractivity contribution in [1.82, 2.24) is 4.90 Å². The van der Waals surface area contributed by atoms with Gasteiger partial charge in [-0.2, -0.15) is 0 Å². The Kier molecular flexibility index (Phi) is 7.14. The second-order valence-electron chi connectivity index (χ2n) is 5.98. The molecule has 102 valence electrons. The maximum Gasteiger partial charge on any atom is 0.0603 e. The highest BCUT2D eigenvalue weighted by molar-refractivity contribution is 4.74. The standard InChI is InChI=1S/C15H31NO/c1-5-6-7-14(4)17-15-8-10-16(11-9-15)12-13(2)3/h13-15H,5-12H2,1-4H3. The van der Waals surface area contributed by atoms with Gasteiger partial charge in [0.05, 0.1) is 12.2 Å². The number of hydrogen-bond donors (Lipinski definition) is 0. The van der Waals surface area contributed by atoms with Gasteiger partial charge in [-0.25, -0.2) is 0 Å². The molecule has 0 N–H and O–H groups in total. The average molecular weight is 241 g/mol. The molecule has 0 aromatic rings. The van der Waals surface area contributed by atoms with Crippen molar-refractivity contribution in [2.45, 2.75) is 72.0 Å². The minimum Gasteiger partial charge on any atom is -0.375 e. The van der Waals surface area contributed by atoms with Crippen LogP contribution in [0.2, 0.25) is 0 Å². The molecule has 1 heterocycles. The first kappa shape index (κ1) is 15.0. The Balaban J connectivity index is 2.14. The Morgan fingerprint density at radius 2 is 1.82 bits per heavy atom. The molecule has 0 bridgehead atoms. The van der Waals surface area contributed by atoms with E-state index in [9.17, 15) is 0 Å². The van der Waals surface area contributed by atoms with Gasteiger partial charge in [0, 0.05) is 19.6 Å². The lowest BCUT2D eigenvalue weighted by Gasteiger charge is -2.34. The Bertz CT molecular complexity index is 185. The summed E-state index contributed by atoms with van der Waals surface area (Å²) in [6.07, 6.45) is 7.23. The molecule has 0 spiro atoms. The molecule has 1 aliphatic heterocycles. The fourth-order valence-corrected chi connectivity index (χ4v) is 2.63. The molecular formula is C15H31NO. The van der Waals surface area contributed by atoms with E-state index in [1.165, 1.54) is 51.7 Å². The summed E-state index contributed by atoms with van der Waals surface area (Å²) in [5, 5.41) is 0. The van der Waals surface area contributed by atoms with Crippen LogP contribution in [0.3, 0.4) is 0 Å². The van der Waals surface area contributed by atoms with Crippen LogP contribution in [0, 0.1) is 5.92 Å². The Morgan fingerprint density at radius 3 is 2.35 bits per heavy atom. The van der Waals surface area contributed by atoms with Crippen LogP contribution in [0.4, 0.5) is 0 Å². The van der Waals surface area contributed by atoms with Crippen molar-refractivity contribution in [3.05, 3.63) is 0 Å². The molecule has 1 aliphatic rings. The van der Waals surface area contributed by atoms with Gasteiger partial charge in [-0.3, -0.25) is 0 Å². The van der Waals surface area contributed by atoms with Crippen molar-refractivity contribution >= 4 is 0 Å². The smallest absolute Gasteiger partial charge is 0.0603 e. The molecule has 1 unspecified atom stereocenters. The van der Waals surface area contributed by atoms with E-state index < -0.39 is 0 Å². The molecular weight excluding hydrogens is 210 g/mol. The molecule has 0 aliphatic carbocycles. The fraction of sp³-hybridized carbons (Fsp3) is 1.00. The maximum atomic E-state index is 6.12. The van der Waals surface area contributed by atoms with E-state index in [2.05, 4.69) is 32.6 Å². The van der Waals surface area contributed by atoms with Gasteiger partial charge in [0.15, 0.2) is 0 Å². The minimum atomic E-state index is 0.455. The second-order valence-corrected chi connectivity index (χ2v) is 5.98. The summed E-state index contributed by atoms with van der Waals surface area (Å²) in [7, 11) is 0. The summed E-state index contributed by atoms with van der Waals surface area (Å²) in [5.74, 6) is 0.788. The maximum absolute atomic E-state index is 6.12.